The van der Waals surface area contributed by atoms with E-state index in [1.165, 1.54) is 16.2 Å². The largest absolute Gasteiger partial charge is 0.444 e. The molecule has 0 bridgehead atoms. The zero-order valence-electron chi connectivity index (χ0n) is 28.9. The lowest BCUT2D eigenvalue weighted by Gasteiger charge is -2.29. The topological polar surface area (TPSA) is 125 Å². The van der Waals surface area contributed by atoms with Crippen molar-refractivity contribution in [3.63, 3.8) is 0 Å². The summed E-state index contributed by atoms with van der Waals surface area (Å²) in [5, 5.41) is 16.7. The molecule has 0 aliphatic carbocycles. The standard InChI is InChI=1S/C38H47N5O5S2/c1-26(2)36-40-31(24-49-36)21-42(3)38(47)43-22-32(44)19-34(43)35(45)18-29(16-27-10-6-4-7-11-27)14-15-30(17-28-12-8-5-9-13-28)41-37(46)48-23-33-20-39-25-50-33/h4-13,20,24-26,29-30,32,34,44H,14-19,21-23H2,1-3H3,(H,41,46)/t29-,30-,32-,34+/m1/s1. The van der Waals surface area contributed by atoms with E-state index in [1.807, 2.05) is 53.9 Å². The SMILES string of the molecule is CC(C)c1nc(CN(C)C(=O)N2C[C@H](O)C[C@H]2C(=O)C[C@H](CC[C@H](Cc2ccccc2)NC(=O)OCc2cncs2)Cc2ccccc2)cs1. The zero-order valence-corrected chi connectivity index (χ0v) is 30.6. The van der Waals surface area contributed by atoms with Gasteiger partial charge in [0.25, 0.3) is 0 Å². The molecule has 3 heterocycles. The Bertz CT molecular complexity index is 1650. The number of alkyl carbamates (subject to hydrolysis) is 1. The molecule has 1 aliphatic rings. The Kier molecular flexibility index (Phi) is 13.5. The number of carbonyl (C=O) groups is 3. The Balaban J connectivity index is 1.26. The summed E-state index contributed by atoms with van der Waals surface area (Å²) in [6.07, 6.45) is 3.46. The second kappa shape index (κ2) is 18.2. The van der Waals surface area contributed by atoms with Crippen LogP contribution in [-0.4, -0.2) is 74.6 Å². The Morgan fingerprint density at radius 1 is 1.02 bits per heavy atom. The van der Waals surface area contributed by atoms with E-state index in [4.69, 9.17) is 4.74 Å². The molecule has 12 heteroatoms. The van der Waals surface area contributed by atoms with Crippen LogP contribution in [0.25, 0.3) is 0 Å². The number of β-amino-alcohol motifs (C(OH)–C–C–N with tert-alkyl or cyclic N) is 1. The van der Waals surface area contributed by atoms with Crippen LogP contribution in [0.3, 0.4) is 0 Å². The van der Waals surface area contributed by atoms with Crippen LogP contribution >= 0.6 is 22.7 Å². The molecule has 2 aromatic heterocycles. The third kappa shape index (κ3) is 10.9. The number of benzene rings is 2. The quantitative estimate of drug-likeness (QED) is 0.130. The highest BCUT2D eigenvalue weighted by atomic mass is 32.1. The number of aromatic nitrogens is 2. The molecular formula is C38H47N5O5S2. The number of aliphatic hydroxyl groups is 1. The summed E-state index contributed by atoms with van der Waals surface area (Å²) in [7, 11) is 1.71. The van der Waals surface area contributed by atoms with Crippen molar-refractivity contribution in [2.45, 2.75) is 89.6 Å². The van der Waals surface area contributed by atoms with Gasteiger partial charge in [0.1, 0.15) is 6.61 Å². The van der Waals surface area contributed by atoms with Gasteiger partial charge >= 0.3 is 12.1 Å². The number of ketones is 1. The first kappa shape index (κ1) is 37.1. The van der Waals surface area contributed by atoms with Crippen molar-refractivity contribution in [2.24, 2.45) is 5.92 Å². The van der Waals surface area contributed by atoms with Crippen molar-refractivity contribution in [1.29, 1.82) is 0 Å². The highest BCUT2D eigenvalue weighted by Crippen LogP contribution is 2.27. The van der Waals surface area contributed by atoms with Gasteiger partial charge in [-0.05, 0) is 42.7 Å². The number of urea groups is 1. The Labute approximate surface area is 302 Å². The van der Waals surface area contributed by atoms with Crippen LogP contribution < -0.4 is 5.32 Å². The fourth-order valence-electron chi connectivity index (χ4n) is 6.38. The molecule has 3 amide bonds. The van der Waals surface area contributed by atoms with Crippen LogP contribution in [0.15, 0.2) is 77.8 Å². The molecule has 5 rings (SSSR count). The number of hydrogen-bond acceptors (Lipinski definition) is 9. The first-order chi connectivity index (χ1) is 24.1. The van der Waals surface area contributed by atoms with Gasteiger partial charge in [-0.2, -0.15) is 0 Å². The molecule has 0 spiro atoms. The summed E-state index contributed by atoms with van der Waals surface area (Å²) in [6.45, 7) is 4.77. The summed E-state index contributed by atoms with van der Waals surface area (Å²) >= 11 is 3.01. The smallest absolute Gasteiger partial charge is 0.407 e. The van der Waals surface area contributed by atoms with Gasteiger partial charge in [-0.15, -0.1) is 22.7 Å². The summed E-state index contributed by atoms with van der Waals surface area (Å²) < 4.78 is 5.50. The number of rotatable bonds is 16. The van der Waals surface area contributed by atoms with Gasteiger partial charge in [0.05, 0.1) is 39.8 Å². The molecule has 0 radical (unpaired) electrons. The lowest BCUT2D eigenvalue weighted by molar-refractivity contribution is -0.123. The Hall–Kier alpha value is -4.13. The first-order valence-corrected chi connectivity index (χ1v) is 19.0. The van der Waals surface area contributed by atoms with Crippen LogP contribution in [0.1, 0.15) is 72.2 Å². The number of amides is 3. The van der Waals surface area contributed by atoms with Gasteiger partial charge in [-0.25, -0.2) is 14.6 Å². The Morgan fingerprint density at radius 3 is 2.36 bits per heavy atom. The predicted octanol–water partition coefficient (Wildman–Crippen LogP) is 6.85. The minimum atomic E-state index is -0.767. The van der Waals surface area contributed by atoms with Crippen molar-refractivity contribution in [3.8, 4) is 0 Å². The van der Waals surface area contributed by atoms with Crippen LogP contribution in [0.4, 0.5) is 9.59 Å². The fraction of sp³-hybridized carbons (Fsp3) is 0.447. The number of carbonyl (C=O) groups excluding carboxylic acids is 3. The molecule has 2 N–H and O–H groups in total. The lowest BCUT2D eigenvalue weighted by atomic mass is 9.86. The maximum Gasteiger partial charge on any atom is 0.407 e. The molecular weight excluding hydrogens is 671 g/mol. The molecule has 0 saturated carbocycles. The summed E-state index contributed by atoms with van der Waals surface area (Å²) in [4.78, 5) is 53.3. The number of nitrogens with one attached hydrogen (secondary N) is 1. The third-order valence-corrected chi connectivity index (χ3v) is 10.9. The normalized spacial score (nSPS) is 17.0. The van der Waals surface area contributed by atoms with E-state index in [9.17, 15) is 19.5 Å². The first-order valence-electron chi connectivity index (χ1n) is 17.2. The monoisotopic (exact) mass is 717 g/mol. The fourth-order valence-corrected chi connectivity index (χ4v) is 7.72. The van der Waals surface area contributed by atoms with Gasteiger partial charge in [-0.3, -0.25) is 9.78 Å². The average molecular weight is 718 g/mol. The summed E-state index contributed by atoms with van der Waals surface area (Å²) in [6, 6.07) is 18.8. The number of aliphatic hydroxyl groups excluding tert-OH is 1. The molecule has 10 nitrogen and oxygen atoms in total. The number of hydrogen-bond donors (Lipinski definition) is 2. The van der Waals surface area contributed by atoms with Crippen molar-refractivity contribution in [1.82, 2.24) is 25.1 Å². The van der Waals surface area contributed by atoms with Crippen LogP contribution in [0.5, 0.6) is 0 Å². The lowest BCUT2D eigenvalue weighted by Crippen LogP contribution is -2.47. The number of ether oxygens (including phenoxy) is 1. The minimum absolute atomic E-state index is 0.0462. The van der Waals surface area contributed by atoms with E-state index in [1.54, 1.807) is 35.0 Å². The van der Waals surface area contributed by atoms with Crippen LogP contribution in [0, 0.1) is 5.92 Å². The number of likely N-dealkylation sites (tertiary alicyclic amines) is 1. The van der Waals surface area contributed by atoms with Crippen molar-refractivity contribution >= 4 is 40.6 Å². The highest BCUT2D eigenvalue weighted by Gasteiger charge is 2.40. The molecule has 2 aromatic carbocycles. The molecule has 1 saturated heterocycles. The maximum absolute atomic E-state index is 14.0. The second-order valence-electron chi connectivity index (χ2n) is 13.4. The van der Waals surface area contributed by atoms with Crippen molar-refractivity contribution in [2.75, 3.05) is 13.6 Å². The van der Waals surface area contributed by atoms with Crippen molar-refractivity contribution < 1.29 is 24.2 Å². The number of nitrogens with zero attached hydrogens (tertiary/aromatic N) is 4. The number of thiazole rings is 2. The molecule has 4 atom stereocenters. The van der Waals surface area contributed by atoms with E-state index in [2.05, 4.69) is 41.3 Å². The van der Waals surface area contributed by atoms with E-state index in [0.29, 0.717) is 38.1 Å². The summed E-state index contributed by atoms with van der Waals surface area (Å²) in [5.74, 6) is 0.202. The maximum atomic E-state index is 14.0. The summed E-state index contributed by atoms with van der Waals surface area (Å²) in [5.41, 5.74) is 4.72. The van der Waals surface area contributed by atoms with Gasteiger partial charge in [0.15, 0.2) is 5.78 Å². The minimum Gasteiger partial charge on any atom is -0.444 e. The second-order valence-corrected chi connectivity index (χ2v) is 15.3. The van der Waals surface area contributed by atoms with Gasteiger partial charge in [-0.1, -0.05) is 74.5 Å². The average Bonchev–Trinajstić information content (AvgIpc) is 3.89. The highest BCUT2D eigenvalue weighted by molar-refractivity contribution is 7.09. The van der Waals surface area contributed by atoms with Crippen LogP contribution in [0.2, 0.25) is 0 Å². The van der Waals surface area contributed by atoms with E-state index >= 15 is 0 Å². The molecule has 0 unspecified atom stereocenters. The van der Waals surface area contributed by atoms with Crippen LogP contribution in [-0.2, 0) is 35.5 Å². The zero-order chi connectivity index (χ0) is 35.5. The molecule has 266 valence electrons. The molecule has 1 fully saturated rings. The predicted molar refractivity (Wildman–Crippen MR) is 196 cm³/mol. The molecule has 50 heavy (non-hydrogen) atoms. The molecule has 1 aliphatic heterocycles. The third-order valence-electron chi connectivity index (χ3n) is 8.94. The van der Waals surface area contributed by atoms with Gasteiger partial charge < -0.3 is 25.0 Å². The number of Topliss-reactive ketones (excluding diaryl/α,β-unsaturated/α-hetero) is 1. The van der Waals surface area contributed by atoms with E-state index < -0.39 is 18.2 Å². The van der Waals surface area contributed by atoms with E-state index in [-0.39, 0.29) is 49.8 Å². The molecule has 4 aromatic rings. The van der Waals surface area contributed by atoms with Crippen molar-refractivity contribution in [3.05, 3.63) is 104 Å². The van der Waals surface area contributed by atoms with E-state index in [0.717, 1.165) is 26.7 Å². The van der Waals surface area contributed by atoms with Gasteiger partial charge in [0.2, 0.25) is 0 Å². The Morgan fingerprint density at radius 2 is 1.72 bits per heavy atom. The van der Waals surface area contributed by atoms with Gasteiger partial charge in [0, 0.05) is 50.0 Å².